The van der Waals surface area contributed by atoms with E-state index in [0.717, 1.165) is 22.3 Å². The van der Waals surface area contributed by atoms with Crippen LogP contribution in [-0.4, -0.2) is 22.4 Å². The number of hydrogen-bond donors (Lipinski definition) is 0. The summed E-state index contributed by atoms with van der Waals surface area (Å²) in [6, 6.07) is 14.6. The molecule has 2 aromatic carbocycles. The van der Waals surface area contributed by atoms with Gasteiger partial charge in [-0.15, -0.1) is 0 Å². The fraction of sp³-hybridized carbons (Fsp3) is 0.261. The Hall–Kier alpha value is -3.41. The summed E-state index contributed by atoms with van der Waals surface area (Å²) in [5, 5.41) is 4.25. The van der Waals surface area contributed by atoms with E-state index in [-0.39, 0.29) is 24.7 Å². The molecule has 0 saturated heterocycles. The molecule has 0 aliphatic rings. The van der Waals surface area contributed by atoms with Crippen LogP contribution in [0.25, 0.3) is 5.69 Å². The molecule has 0 spiro atoms. The molecule has 0 bridgehead atoms. The molecule has 150 valence electrons. The third kappa shape index (κ3) is 4.71. The van der Waals surface area contributed by atoms with Crippen LogP contribution < -0.4 is 10.3 Å². The number of benzene rings is 2. The normalized spacial score (nSPS) is 10.6. The Kier molecular flexibility index (Phi) is 6.12. The fourth-order valence-corrected chi connectivity index (χ4v) is 2.87. The molecule has 6 heteroatoms. The first-order chi connectivity index (χ1) is 13.9. The number of aromatic nitrogens is 2. The van der Waals surface area contributed by atoms with Crippen LogP contribution in [0, 0.1) is 20.8 Å². The molecule has 0 unspecified atom stereocenters. The molecule has 0 aliphatic heterocycles. The second-order valence-electron chi connectivity index (χ2n) is 6.88. The van der Waals surface area contributed by atoms with Crippen LogP contribution >= 0.6 is 0 Å². The van der Waals surface area contributed by atoms with Gasteiger partial charge in [0.25, 0.3) is 5.56 Å². The van der Waals surface area contributed by atoms with Gasteiger partial charge in [0, 0.05) is 0 Å². The van der Waals surface area contributed by atoms with E-state index in [2.05, 4.69) is 5.10 Å². The summed E-state index contributed by atoms with van der Waals surface area (Å²) in [7, 11) is 0. The van der Waals surface area contributed by atoms with Crippen LogP contribution in [0.4, 0.5) is 0 Å². The Bertz CT molecular complexity index is 1090. The molecule has 1 heterocycles. The van der Waals surface area contributed by atoms with Gasteiger partial charge in [-0.05, 0) is 51.0 Å². The average Bonchev–Trinajstić information content (AvgIpc) is 2.69. The van der Waals surface area contributed by atoms with Crippen LogP contribution in [0.3, 0.4) is 0 Å². The molecule has 3 rings (SSSR count). The van der Waals surface area contributed by atoms with Gasteiger partial charge in [0.1, 0.15) is 6.61 Å². The quantitative estimate of drug-likeness (QED) is 0.595. The van der Waals surface area contributed by atoms with Crippen molar-refractivity contribution in [1.29, 1.82) is 0 Å². The highest BCUT2D eigenvalue weighted by Gasteiger charge is 2.20. The van der Waals surface area contributed by atoms with Crippen molar-refractivity contribution in [3.8, 4) is 11.4 Å². The lowest BCUT2D eigenvalue weighted by molar-refractivity contribution is 0.0511. The highest BCUT2D eigenvalue weighted by Crippen LogP contribution is 2.20. The summed E-state index contributed by atoms with van der Waals surface area (Å²) in [4.78, 5) is 25.1. The highest BCUT2D eigenvalue weighted by atomic mass is 16.5. The van der Waals surface area contributed by atoms with Crippen molar-refractivity contribution in [2.75, 3.05) is 6.61 Å². The molecule has 0 N–H and O–H groups in total. The lowest BCUT2D eigenvalue weighted by Gasteiger charge is -2.14. The Morgan fingerprint density at radius 3 is 2.38 bits per heavy atom. The van der Waals surface area contributed by atoms with Crippen molar-refractivity contribution in [3.63, 3.8) is 0 Å². The number of esters is 1. The second kappa shape index (κ2) is 8.73. The van der Waals surface area contributed by atoms with Crippen LogP contribution in [-0.2, 0) is 11.3 Å². The Morgan fingerprint density at radius 1 is 1.00 bits per heavy atom. The molecule has 29 heavy (non-hydrogen) atoms. The largest absolute Gasteiger partial charge is 0.486 e. The van der Waals surface area contributed by atoms with Gasteiger partial charge in [0.2, 0.25) is 5.69 Å². The first kappa shape index (κ1) is 20.3. The molecule has 0 atom stereocenters. The van der Waals surface area contributed by atoms with Gasteiger partial charge in [0.05, 0.1) is 18.4 Å². The summed E-state index contributed by atoms with van der Waals surface area (Å²) < 4.78 is 12.1. The molecule has 0 fully saturated rings. The van der Waals surface area contributed by atoms with Gasteiger partial charge in [-0.1, -0.05) is 41.5 Å². The molecule has 6 nitrogen and oxygen atoms in total. The molecule has 0 amide bonds. The van der Waals surface area contributed by atoms with Gasteiger partial charge in [-0.3, -0.25) is 4.79 Å². The van der Waals surface area contributed by atoms with Crippen molar-refractivity contribution in [2.24, 2.45) is 0 Å². The fourth-order valence-electron chi connectivity index (χ4n) is 2.87. The maximum Gasteiger partial charge on any atom is 0.362 e. The van der Waals surface area contributed by atoms with Crippen molar-refractivity contribution >= 4 is 5.97 Å². The molecule has 0 saturated carbocycles. The van der Waals surface area contributed by atoms with E-state index < -0.39 is 11.5 Å². The Morgan fingerprint density at radius 2 is 1.69 bits per heavy atom. The van der Waals surface area contributed by atoms with E-state index in [4.69, 9.17) is 9.47 Å². The maximum atomic E-state index is 12.7. The highest BCUT2D eigenvalue weighted by molar-refractivity contribution is 5.90. The van der Waals surface area contributed by atoms with Crippen molar-refractivity contribution in [2.45, 2.75) is 34.3 Å². The molecular formula is C23H24N2O4. The van der Waals surface area contributed by atoms with E-state index in [0.29, 0.717) is 5.69 Å². The topological polar surface area (TPSA) is 70.4 Å². The van der Waals surface area contributed by atoms with E-state index in [1.807, 2.05) is 51.1 Å². The number of nitrogens with zero attached hydrogens (tertiary/aromatic N) is 2. The smallest absolute Gasteiger partial charge is 0.362 e. The van der Waals surface area contributed by atoms with Gasteiger partial charge >= 0.3 is 5.97 Å². The summed E-state index contributed by atoms with van der Waals surface area (Å²) in [5.74, 6) is -0.526. The molecule has 0 aliphatic carbocycles. The molecule has 1 aromatic heterocycles. The molecule has 3 aromatic rings. The van der Waals surface area contributed by atoms with Gasteiger partial charge in [0.15, 0.2) is 5.75 Å². The van der Waals surface area contributed by atoms with Crippen LogP contribution in [0.2, 0.25) is 0 Å². The SMILES string of the molecule is CCOC(=O)c1nn(-c2ccc(C)cc2)c(=O)cc1OCc1cc(C)ccc1C. The number of aryl methyl sites for hydroxylation is 3. The van der Waals surface area contributed by atoms with Gasteiger partial charge in [-0.2, -0.15) is 9.78 Å². The minimum atomic E-state index is -0.635. The number of ether oxygens (including phenoxy) is 2. The zero-order chi connectivity index (χ0) is 21.0. The predicted octanol–water partition coefficient (Wildman–Crippen LogP) is 3.91. The minimum Gasteiger partial charge on any atom is -0.486 e. The Labute approximate surface area is 169 Å². The van der Waals surface area contributed by atoms with E-state index >= 15 is 0 Å². The minimum absolute atomic E-state index is 0.0302. The second-order valence-corrected chi connectivity index (χ2v) is 6.88. The van der Waals surface area contributed by atoms with Gasteiger partial charge < -0.3 is 9.47 Å². The van der Waals surface area contributed by atoms with E-state index in [1.165, 1.54) is 10.7 Å². The lowest BCUT2D eigenvalue weighted by atomic mass is 10.1. The van der Waals surface area contributed by atoms with E-state index in [1.54, 1.807) is 19.1 Å². The van der Waals surface area contributed by atoms with Crippen molar-refractivity contribution < 1.29 is 14.3 Å². The number of hydrogen-bond acceptors (Lipinski definition) is 5. The maximum absolute atomic E-state index is 12.7. The first-order valence-electron chi connectivity index (χ1n) is 9.46. The summed E-state index contributed by atoms with van der Waals surface area (Å²) in [6.45, 7) is 8.06. The first-order valence-corrected chi connectivity index (χ1v) is 9.46. The zero-order valence-corrected chi connectivity index (χ0v) is 17.1. The third-order valence-electron chi connectivity index (χ3n) is 4.53. The third-order valence-corrected chi connectivity index (χ3v) is 4.53. The summed E-state index contributed by atoms with van der Waals surface area (Å²) >= 11 is 0. The number of carbonyl (C=O) groups is 1. The standard InChI is InChI=1S/C23H24N2O4/c1-5-28-23(27)22-20(29-14-18-12-16(3)6-9-17(18)4)13-21(26)25(24-22)19-10-7-15(2)8-11-19/h6-13H,5,14H2,1-4H3. The van der Waals surface area contributed by atoms with Crippen molar-refractivity contribution in [3.05, 3.63) is 86.8 Å². The van der Waals surface area contributed by atoms with Crippen LogP contribution in [0.1, 0.15) is 39.7 Å². The molecule has 0 radical (unpaired) electrons. The summed E-state index contributed by atoms with van der Waals surface area (Å²) in [5.41, 5.74) is 4.34. The summed E-state index contributed by atoms with van der Waals surface area (Å²) in [6.07, 6.45) is 0. The van der Waals surface area contributed by atoms with Crippen LogP contribution in [0.5, 0.6) is 5.75 Å². The number of rotatable bonds is 6. The van der Waals surface area contributed by atoms with E-state index in [9.17, 15) is 9.59 Å². The average molecular weight is 392 g/mol. The monoisotopic (exact) mass is 392 g/mol. The zero-order valence-electron chi connectivity index (χ0n) is 17.1. The molecular weight excluding hydrogens is 368 g/mol. The van der Waals surface area contributed by atoms with Gasteiger partial charge in [-0.25, -0.2) is 4.79 Å². The van der Waals surface area contributed by atoms with Crippen LogP contribution in [0.15, 0.2) is 53.3 Å². The number of carbonyl (C=O) groups excluding carboxylic acids is 1. The lowest BCUT2D eigenvalue weighted by Crippen LogP contribution is -2.25. The Balaban J connectivity index is 2.00. The predicted molar refractivity (Wildman–Crippen MR) is 111 cm³/mol. The van der Waals surface area contributed by atoms with Crippen molar-refractivity contribution in [1.82, 2.24) is 9.78 Å².